The van der Waals surface area contributed by atoms with Crippen molar-refractivity contribution in [1.82, 2.24) is 0 Å². The standard InChI is InChI=1S/C17H17ClO3/c1-2-17(16(20)21,12-8-4-3-5-9-12)15(19)13-10-6-7-11-14(13)18/h3-11,15,19H,2H2,1H3,(H,20,21)/t15-,17-/m0/s1. The normalized spacial score (nSPS) is 15.2. The lowest BCUT2D eigenvalue weighted by molar-refractivity contribution is -0.149. The van der Waals surface area contributed by atoms with Gasteiger partial charge in [0, 0.05) is 10.6 Å². The second-order valence-electron chi connectivity index (χ2n) is 4.92. The number of aliphatic hydroxyl groups excluding tert-OH is 1. The Labute approximate surface area is 128 Å². The summed E-state index contributed by atoms with van der Waals surface area (Å²) < 4.78 is 0. The Kier molecular flexibility index (Phi) is 4.66. The van der Waals surface area contributed by atoms with E-state index >= 15 is 0 Å². The molecule has 0 unspecified atom stereocenters. The molecule has 2 aromatic rings. The first-order valence-corrected chi connectivity index (χ1v) is 7.13. The number of benzene rings is 2. The molecule has 2 atom stereocenters. The van der Waals surface area contributed by atoms with Crippen LogP contribution in [0.2, 0.25) is 5.02 Å². The molecule has 0 amide bonds. The molecular weight excluding hydrogens is 288 g/mol. The third-order valence-electron chi connectivity index (χ3n) is 3.89. The van der Waals surface area contributed by atoms with E-state index in [2.05, 4.69) is 0 Å². The van der Waals surface area contributed by atoms with Crippen molar-refractivity contribution < 1.29 is 15.0 Å². The molecule has 0 heterocycles. The minimum absolute atomic E-state index is 0.249. The molecule has 4 heteroatoms. The number of carboxylic acid groups (broad SMARTS) is 1. The minimum atomic E-state index is -1.42. The van der Waals surface area contributed by atoms with Gasteiger partial charge in [0.1, 0.15) is 11.5 Å². The molecule has 0 aliphatic carbocycles. The van der Waals surface area contributed by atoms with Gasteiger partial charge in [0.15, 0.2) is 0 Å². The van der Waals surface area contributed by atoms with Gasteiger partial charge in [-0.2, -0.15) is 0 Å². The van der Waals surface area contributed by atoms with E-state index in [4.69, 9.17) is 11.6 Å². The summed E-state index contributed by atoms with van der Waals surface area (Å²) in [6.07, 6.45) is -0.977. The Hall–Kier alpha value is -1.84. The van der Waals surface area contributed by atoms with Gasteiger partial charge < -0.3 is 10.2 Å². The molecule has 0 aromatic heterocycles. The Morgan fingerprint density at radius 3 is 2.24 bits per heavy atom. The zero-order valence-electron chi connectivity index (χ0n) is 11.7. The number of halogens is 1. The molecule has 2 N–H and O–H groups in total. The second kappa shape index (κ2) is 6.29. The number of aliphatic hydroxyl groups is 1. The second-order valence-corrected chi connectivity index (χ2v) is 5.33. The third-order valence-corrected chi connectivity index (χ3v) is 4.24. The molecule has 21 heavy (non-hydrogen) atoms. The maximum absolute atomic E-state index is 12.0. The predicted molar refractivity (Wildman–Crippen MR) is 82.5 cm³/mol. The van der Waals surface area contributed by atoms with Gasteiger partial charge in [-0.3, -0.25) is 4.79 Å². The average molecular weight is 305 g/mol. The van der Waals surface area contributed by atoms with Crippen molar-refractivity contribution in [2.24, 2.45) is 0 Å². The minimum Gasteiger partial charge on any atom is -0.480 e. The summed E-state index contributed by atoms with van der Waals surface area (Å²) in [5.41, 5.74) is -0.439. The van der Waals surface area contributed by atoms with E-state index in [0.717, 1.165) is 0 Å². The van der Waals surface area contributed by atoms with Crippen LogP contribution in [0.5, 0.6) is 0 Å². The topological polar surface area (TPSA) is 57.5 Å². The number of aliphatic carboxylic acids is 1. The molecular formula is C17H17ClO3. The number of carboxylic acids is 1. The first-order chi connectivity index (χ1) is 10.0. The van der Waals surface area contributed by atoms with Gasteiger partial charge in [-0.05, 0) is 18.1 Å². The molecule has 0 aliphatic rings. The van der Waals surface area contributed by atoms with Gasteiger partial charge in [-0.1, -0.05) is 67.1 Å². The zero-order chi connectivity index (χ0) is 15.5. The number of rotatable bonds is 5. The summed E-state index contributed by atoms with van der Waals surface area (Å²) >= 11 is 6.12. The van der Waals surface area contributed by atoms with E-state index in [0.29, 0.717) is 16.1 Å². The summed E-state index contributed by atoms with van der Waals surface area (Å²) in [5.74, 6) is -1.07. The highest BCUT2D eigenvalue weighted by Crippen LogP contribution is 2.42. The lowest BCUT2D eigenvalue weighted by atomic mass is 9.71. The molecule has 0 bridgehead atoms. The summed E-state index contributed by atoms with van der Waals surface area (Å²) in [5, 5.41) is 20.9. The van der Waals surface area contributed by atoms with Crippen molar-refractivity contribution in [3.05, 3.63) is 70.7 Å². The van der Waals surface area contributed by atoms with Crippen LogP contribution >= 0.6 is 11.6 Å². The van der Waals surface area contributed by atoms with E-state index < -0.39 is 17.5 Å². The Morgan fingerprint density at radius 1 is 1.14 bits per heavy atom. The number of carbonyl (C=O) groups is 1. The maximum Gasteiger partial charge on any atom is 0.317 e. The predicted octanol–water partition coefficient (Wildman–Crippen LogP) is 3.81. The first-order valence-electron chi connectivity index (χ1n) is 6.75. The molecule has 0 saturated carbocycles. The van der Waals surface area contributed by atoms with E-state index in [9.17, 15) is 15.0 Å². The van der Waals surface area contributed by atoms with E-state index in [1.807, 2.05) is 6.07 Å². The quantitative estimate of drug-likeness (QED) is 0.883. The van der Waals surface area contributed by atoms with Gasteiger partial charge in [-0.15, -0.1) is 0 Å². The van der Waals surface area contributed by atoms with E-state index in [1.165, 1.54) is 0 Å². The lowest BCUT2D eigenvalue weighted by Gasteiger charge is -2.34. The van der Waals surface area contributed by atoms with Crippen LogP contribution in [0.1, 0.15) is 30.6 Å². The summed E-state index contributed by atoms with van der Waals surface area (Å²) in [4.78, 5) is 12.0. The van der Waals surface area contributed by atoms with Gasteiger partial charge in [-0.25, -0.2) is 0 Å². The van der Waals surface area contributed by atoms with Crippen molar-refractivity contribution in [3.8, 4) is 0 Å². The van der Waals surface area contributed by atoms with Gasteiger partial charge in [0.25, 0.3) is 0 Å². The molecule has 0 aliphatic heterocycles. The van der Waals surface area contributed by atoms with Crippen molar-refractivity contribution in [1.29, 1.82) is 0 Å². The smallest absolute Gasteiger partial charge is 0.317 e. The fourth-order valence-electron chi connectivity index (χ4n) is 2.64. The van der Waals surface area contributed by atoms with Gasteiger partial charge >= 0.3 is 5.97 Å². The fourth-order valence-corrected chi connectivity index (χ4v) is 2.88. The van der Waals surface area contributed by atoms with Crippen LogP contribution in [-0.4, -0.2) is 16.2 Å². The third kappa shape index (κ3) is 2.67. The summed E-state index contributed by atoms with van der Waals surface area (Å²) in [6.45, 7) is 1.75. The van der Waals surface area contributed by atoms with Crippen molar-refractivity contribution in [2.45, 2.75) is 24.9 Å². The molecule has 3 nitrogen and oxygen atoms in total. The van der Waals surface area contributed by atoms with E-state index in [-0.39, 0.29) is 6.42 Å². The summed E-state index contributed by atoms with van der Waals surface area (Å²) in [6, 6.07) is 15.6. The lowest BCUT2D eigenvalue weighted by Crippen LogP contribution is -2.41. The highest BCUT2D eigenvalue weighted by molar-refractivity contribution is 6.31. The molecule has 0 fully saturated rings. The van der Waals surface area contributed by atoms with Crippen molar-refractivity contribution in [3.63, 3.8) is 0 Å². The molecule has 0 radical (unpaired) electrons. The summed E-state index contributed by atoms with van der Waals surface area (Å²) in [7, 11) is 0. The largest absolute Gasteiger partial charge is 0.480 e. The molecule has 2 rings (SSSR count). The molecule has 110 valence electrons. The van der Waals surface area contributed by atoms with E-state index in [1.54, 1.807) is 55.5 Å². The highest BCUT2D eigenvalue weighted by atomic mass is 35.5. The van der Waals surface area contributed by atoms with Crippen LogP contribution in [0.3, 0.4) is 0 Å². The van der Waals surface area contributed by atoms with Crippen LogP contribution in [0.15, 0.2) is 54.6 Å². The van der Waals surface area contributed by atoms with Crippen molar-refractivity contribution in [2.75, 3.05) is 0 Å². The van der Waals surface area contributed by atoms with Gasteiger partial charge in [0.2, 0.25) is 0 Å². The number of hydrogen-bond acceptors (Lipinski definition) is 2. The molecule has 0 saturated heterocycles. The van der Waals surface area contributed by atoms with Crippen molar-refractivity contribution >= 4 is 17.6 Å². The van der Waals surface area contributed by atoms with Crippen LogP contribution in [0.4, 0.5) is 0 Å². The number of hydrogen-bond donors (Lipinski definition) is 2. The Balaban J connectivity index is 2.61. The van der Waals surface area contributed by atoms with Crippen LogP contribution < -0.4 is 0 Å². The molecule has 2 aromatic carbocycles. The van der Waals surface area contributed by atoms with Crippen LogP contribution in [-0.2, 0) is 10.2 Å². The maximum atomic E-state index is 12.0. The zero-order valence-corrected chi connectivity index (χ0v) is 12.4. The van der Waals surface area contributed by atoms with Gasteiger partial charge in [0.05, 0.1) is 0 Å². The monoisotopic (exact) mass is 304 g/mol. The Morgan fingerprint density at radius 2 is 1.71 bits per heavy atom. The molecule has 0 spiro atoms. The average Bonchev–Trinajstić information content (AvgIpc) is 2.49. The Bertz CT molecular complexity index is 627. The van der Waals surface area contributed by atoms with Crippen LogP contribution in [0, 0.1) is 0 Å². The highest BCUT2D eigenvalue weighted by Gasteiger charge is 2.46. The first kappa shape index (κ1) is 15.5. The van der Waals surface area contributed by atoms with Crippen LogP contribution in [0.25, 0.3) is 0 Å². The SMILES string of the molecule is CC[C@](C(=O)O)(c1ccccc1)[C@@H](O)c1ccccc1Cl. The fraction of sp³-hybridized carbons (Fsp3) is 0.235.